The highest BCUT2D eigenvalue weighted by atomic mass is 32.1. The average molecular weight is 203 g/mol. The lowest BCUT2D eigenvalue weighted by Crippen LogP contribution is -1.73. The molecule has 0 saturated heterocycles. The van der Waals surface area contributed by atoms with Crippen molar-refractivity contribution < 1.29 is 4.39 Å². The normalized spacial score (nSPS) is 11.2. The van der Waals surface area contributed by atoms with E-state index in [0.29, 0.717) is 0 Å². The number of fused-ring (bicyclic) bond motifs is 3. The maximum atomic E-state index is 13.0. The summed E-state index contributed by atoms with van der Waals surface area (Å²) >= 11 is 1.57. The minimum atomic E-state index is -0.191. The van der Waals surface area contributed by atoms with Crippen LogP contribution in [0.5, 0.6) is 0 Å². The van der Waals surface area contributed by atoms with E-state index in [-0.39, 0.29) is 5.82 Å². The maximum Gasteiger partial charge on any atom is 0.124 e. The summed E-state index contributed by atoms with van der Waals surface area (Å²) in [5.41, 5.74) is 0.965. The summed E-state index contributed by atoms with van der Waals surface area (Å²) in [6, 6.07) is 8.72. The van der Waals surface area contributed by atoms with Crippen LogP contribution >= 0.6 is 11.3 Å². The van der Waals surface area contributed by atoms with Gasteiger partial charge in [-0.05, 0) is 30.3 Å². The number of halogens is 1. The van der Waals surface area contributed by atoms with Gasteiger partial charge in [0.15, 0.2) is 0 Å². The summed E-state index contributed by atoms with van der Waals surface area (Å²) in [6.45, 7) is 0. The molecule has 0 fully saturated rings. The van der Waals surface area contributed by atoms with Gasteiger partial charge in [-0.15, -0.1) is 11.3 Å². The summed E-state index contributed by atoms with van der Waals surface area (Å²) in [5, 5.41) is 1.03. The first-order valence-corrected chi connectivity index (χ1v) is 5.09. The van der Waals surface area contributed by atoms with Crippen LogP contribution in [-0.2, 0) is 0 Å². The molecule has 0 radical (unpaired) electrons. The molecule has 3 rings (SSSR count). The van der Waals surface area contributed by atoms with Crippen molar-refractivity contribution in [3.63, 3.8) is 0 Å². The lowest BCUT2D eigenvalue weighted by molar-refractivity contribution is 0.630. The van der Waals surface area contributed by atoms with Crippen molar-refractivity contribution in [1.29, 1.82) is 0 Å². The molecule has 0 aliphatic rings. The van der Waals surface area contributed by atoms with Gasteiger partial charge in [0.1, 0.15) is 5.82 Å². The Kier molecular flexibility index (Phi) is 1.55. The molecule has 0 aliphatic heterocycles. The van der Waals surface area contributed by atoms with E-state index in [2.05, 4.69) is 4.98 Å². The van der Waals surface area contributed by atoms with Gasteiger partial charge in [-0.25, -0.2) is 4.39 Å². The van der Waals surface area contributed by atoms with E-state index in [0.717, 1.165) is 20.3 Å². The van der Waals surface area contributed by atoms with Crippen molar-refractivity contribution in [3.05, 3.63) is 42.3 Å². The number of pyridine rings is 1. The molecule has 0 N–H and O–H groups in total. The SMILES string of the molecule is Fc1ccc2c(c1)sc1cccnc12. The standard InChI is InChI=1S/C11H6FNS/c12-7-3-4-8-10(6-7)14-9-2-1-5-13-11(8)9/h1-6H. The highest BCUT2D eigenvalue weighted by Gasteiger charge is 2.05. The molecule has 2 heterocycles. The summed E-state index contributed by atoms with van der Waals surface area (Å²) in [5.74, 6) is -0.191. The molecule has 1 aromatic carbocycles. The zero-order valence-corrected chi connectivity index (χ0v) is 8.01. The summed E-state index contributed by atoms with van der Waals surface area (Å²) < 4.78 is 15.0. The first kappa shape index (κ1) is 7.88. The molecular weight excluding hydrogens is 197 g/mol. The van der Waals surface area contributed by atoms with Gasteiger partial charge in [0, 0.05) is 16.3 Å². The highest BCUT2D eigenvalue weighted by Crippen LogP contribution is 2.32. The molecule has 3 aromatic rings. The molecule has 1 nitrogen and oxygen atoms in total. The van der Waals surface area contributed by atoms with Crippen LogP contribution in [0.25, 0.3) is 20.3 Å². The quantitative estimate of drug-likeness (QED) is 0.544. The van der Waals surface area contributed by atoms with Crippen molar-refractivity contribution >= 4 is 31.6 Å². The number of thiophene rings is 1. The topological polar surface area (TPSA) is 12.9 Å². The largest absolute Gasteiger partial charge is 0.255 e. The van der Waals surface area contributed by atoms with E-state index in [1.54, 1.807) is 29.7 Å². The van der Waals surface area contributed by atoms with Gasteiger partial charge in [-0.3, -0.25) is 4.98 Å². The first-order valence-electron chi connectivity index (χ1n) is 4.27. The number of aromatic nitrogens is 1. The van der Waals surface area contributed by atoms with Gasteiger partial charge in [-0.2, -0.15) is 0 Å². The Morgan fingerprint density at radius 3 is 3.00 bits per heavy atom. The number of hydrogen-bond donors (Lipinski definition) is 0. The van der Waals surface area contributed by atoms with Crippen LogP contribution in [0.1, 0.15) is 0 Å². The monoisotopic (exact) mass is 203 g/mol. The van der Waals surface area contributed by atoms with Crippen LogP contribution in [0.3, 0.4) is 0 Å². The lowest BCUT2D eigenvalue weighted by atomic mass is 10.2. The first-order chi connectivity index (χ1) is 6.84. The Labute approximate surface area is 83.8 Å². The van der Waals surface area contributed by atoms with Gasteiger partial charge in [0.2, 0.25) is 0 Å². The smallest absolute Gasteiger partial charge is 0.124 e. The number of nitrogens with zero attached hydrogens (tertiary/aromatic N) is 1. The van der Waals surface area contributed by atoms with Crippen LogP contribution in [0, 0.1) is 5.82 Å². The van der Waals surface area contributed by atoms with Gasteiger partial charge >= 0.3 is 0 Å². The molecule has 14 heavy (non-hydrogen) atoms. The van der Waals surface area contributed by atoms with E-state index < -0.39 is 0 Å². The molecule has 2 aromatic heterocycles. The lowest BCUT2D eigenvalue weighted by Gasteiger charge is -1.89. The molecule has 3 heteroatoms. The zero-order chi connectivity index (χ0) is 9.54. The van der Waals surface area contributed by atoms with Crippen LogP contribution in [0.15, 0.2) is 36.5 Å². The third-order valence-corrected chi connectivity index (χ3v) is 3.30. The Morgan fingerprint density at radius 1 is 1.14 bits per heavy atom. The molecular formula is C11H6FNS. The van der Waals surface area contributed by atoms with Crippen LogP contribution in [-0.4, -0.2) is 4.98 Å². The van der Waals surface area contributed by atoms with E-state index in [1.165, 1.54) is 6.07 Å². The second kappa shape index (κ2) is 2.75. The molecule has 0 atom stereocenters. The fourth-order valence-corrected chi connectivity index (χ4v) is 2.66. The summed E-state index contributed by atoms with van der Waals surface area (Å²) in [7, 11) is 0. The molecule has 0 saturated carbocycles. The zero-order valence-electron chi connectivity index (χ0n) is 7.20. The van der Waals surface area contributed by atoms with Gasteiger partial charge in [0.05, 0.1) is 10.2 Å². The molecule has 68 valence electrons. The number of hydrogen-bond acceptors (Lipinski definition) is 2. The third-order valence-electron chi connectivity index (χ3n) is 2.19. The van der Waals surface area contributed by atoms with Crippen molar-refractivity contribution in [2.24, 2.45) is 0 Å². The second-order valence-corrected chi connectivity index (χ2v) is 4.18. The Bertz CT molecular complexity index is 615. The summed E-state index contributed by atoms with van der Waals surface area (Å²) in [6.07, 6.45) is 1.76. The van der Waals surface area contributed by atoms with Crippen LogP contribution in [0.4, 0.5) is 4.39 Å². The number of rotatable bonds is 0. The van der Waals surface area contributed by atoms with Crippen molar-refractivity contribution in [3.8, 4) is 0 Å². The Balaban J connectivity index is 2.57. The molecule has 0 amide bonds. The molecule has 0 aliphatic carbocycles. The minimum Gasteiger partial charge on any atom is -0.255 e. The Morgan fingerprint density at radius 2 is 2.07 bits per heavy atom. The average Bonchev–Trinajstić information content (AvgIpc) is 2.54. The minimum absolute atomic E-state index is 0.191. The number of benzene rings is 1. The third kappa shape index (κ3) is 1.02. The molecule has 0 bridgehead atoms. The second-order valence-electron chi connectivity index (χ2n) is 3.09. The van der Waals surface area contributed by atoms with Crippen molar-refractivity contribution in [1.82, 2.24) is 4.98 Å². The summed E-state index contributed by atoms with van der Waals surface area (Å²) in [4.78, 5) is 4.29. The van der Waals surface area contributed by atoms with Gasteiger partial charge < -0.3 is 0 Å². The van der Waals surface area contributed by atoms with E-state index in [1.807, 2.05) is 12.1 Å². The van der Waals surface area contributed by atoms with Crippen LogP contribution < -0.4 is 0 Å². The van der Waals surface area contributed by atoms with E-state index in [9.17, 15) is 4.39 Å². The van der Waals surface area contributed by atoms with Gasteiger partial charge in [0.25, 0.3) is 0 Å². The Hall–Kier alpha value is -1.48. The van der Waals surface area contributed by atoms with E-state index in [4.69, 9.17) is 0 Å². The van der Waals surface area contributed by atoms with E-state index >= 15 is 0 Å². The fourth-order valence-electron chi connectivity index (χ4n) is 1.57. The predicted molar refractivity (Wildman–Crippen MR) is 57.1 cm³/mol. The molecule has 0 unspecified atom stereocenters. The van der Waals surface area contributed by atoms with Crippen LogP contribution in [0.2, 0.25) is 0 Å². The van der Waals surface area contributed by atoms with Gasteiger partial charge in [-0.1, -0.05) is 0 Å². The fraction of sp³-hybridized carbons (Fsp3) is 0. The maximum absolute atomic E-state index is 13.0. The highest BCUT2D eigenvalue weighted by molar-refractivity contribution is 7.25. The predicted octanol–water partition coefficient (Wildman–Crippen LogP) is 3.59. The van der Waals surface area contributed by atoms with Crippen molar-refractivity contribution in [2.75, 3.05) is 0 Å². The molecule has 0 spiro atoms. The van der Waals surface area contributed by atoms with Crippen molar-refractivity contribution in [2.45, 2.75) is 0 Å².